The molecule has 0 saturated carbocycles. The molecule has 0 aromatic heterocycles. The van der Waals surface area contributed by atoms with Crippen molar-refractivity contribution in [2.75, 3.05) is 13.7 Å². The number of rotatable bonds is 5. The fourth-order valence-electron chi connectivity index (χ4n) is 2.71. The van der Waals surface area contributed by atoms with Crippen LogP contribution >= 0.6 is 0 Å². The Bertz CT molecular complexity index is 794. The number of carbonyl (C=O) groups excluding carboxylic acids is 2. The van der Waals surface area contributed by atoms with E-state index >= 15 is 0 Å². The van der Waals surface area contributed by atoms with Gasteiger partial charge in [-0.2, -0.15) is 0 Å². The number of carbonyl (C=O) groups is 2. The van der Waals surface area contributed by atoms with Gasteiger partial charge < -0.3 is 19.3 Å². The number of hydrogen-bond donors (Lipinski definition) is 1. The molecule has 6 heteroatoms. The van der Waals surface area contributed by atoms with E-state index in [4.69, 9.17) is 14.2 Å². The lowest BCUT2D eigenvalue weighted by atomic mass is 10.1. The van der Waals surface area contributed by atoms with Crippen LogP contribution in [0.3, 0.4) is 0 Å². The summed E-state index contributed by atoms with van der Waals surface area (Å²) in [5.41, 5.74) is 2.31. The topological polar surface area (TPSA) is 82.1 Å². The van der Waals surface area contributed by atoms with E-state index in [9.17, 15) is 14.7 Å². The van der Waals surface area contributed by atoms with Gasteiger partial charge in [-0.1, -0.05) is 11.8 Å². The van der Waals surface area contributed by atoms with Gasteiger partial charge >= 0.3 is 11.9 Å². The van der Waals surface area contributed by atoms with Gasteiger partial charge in [0, 0.05) is 18.1 Å². The molecule has 0 atom stereocenters. The SMILES string of the molecule is CCOC(=O)C1=C(C#Cc2cc(CO)cc(OC)c2OC(C)=O)CCC1. The average Bonchev–Trinajstić information content (AvgIpc) is 3.09. The first-order valence-corrected chi connectivity index (χ1v) is 8.41. The van der Waals surface area contributed by atoms with E-state index in [0.717, 1.165) is 12.0 Å². The van der Waals surface area contributed by atoms with Gasteiger partial charge in [0.15, 0.2) is 11.5 Å². The number of allylic oxidation sites excluding steroid dienone is 1. The van der Waals surface area contributed by atoms with Gasteiger partial charge in [-0.25, -0.2) is 4.79 Å². The second-order valence-electron chi connectivity index (χ2n) is 5.71. The number of aliphatic hydroxyl groups is 1. The zero-order valence-electron chi connectivity index (χ0n) is 15.2. The van der Waals surface area contributed by atoms with Crippen molar-refractivity contribution in [1.82, 2.24) is 0 Å². The van der Waals surface area contributed by atoms with Crippen molar-refractivity contribution < 1.29 is 28.9 Å². The molecule has 0 saturated heterocycles. The third kappa shape index (κ3) is 4.64. The summed E-state index contributed by atoms with van der Waals surface area (Å²) in [6.45, 7) is 3.16. The van der Waals surface area contributed by atoms with Gasteiger partial charge in [0.2, 0.25) is 0 Å². The molecular formula is C20H22O6. The molecule has 6 nitrogen and oxygen atoms in total. The molecule has 0 bridgehead atoms. The molecule has 1 N–H and O–H groups in total. The van der Waals surface area contributed by atoms with E-state index in [1.54, 1.807) is 19.1 Å². The second kappa shape index (κ2) is 9.07. The summed E-state index contributed by atoms with van der Waals surface area (Å²) >= 11 is 0. The maximum Gasteiger partial charge on any atom is 0.334 e. The monoisotopic (exact) mass is 358 g/mol. The number of esters is 2. The van der Waals surface area contributed by atoms with Crippen molar-refractivity contribution in [3.05, 3.63) is 34.4 Å². The molecule has 138 valence electrons. The molecule has 1 aliphatic carbocycles. The van der Waals surface area contributed by atoms with Gasteiger partial charge in [-0.15, -0.1) is 0 Å². The molecule has 0 amide bonds. The molecule has 0 radical (unpaired) electrons. The summed E-state index contributed by atoms with van der Waals surface area (Å²) in [5, 5.41) is 9.43. The molecule has 1 aliphatic rings. The second-order valence-corrected chi connectivity index (χ2v) is 5.71. The summed E-state index contributed by atoms with van der Waals surface area (Å²) in [6.07, 6.45) is 2.18. The Labute approximate surface area is 152 Å². The van der Waals surface area contributed by atoms with Gasteiger partial charge in [-0.3, -0.25) is 4.79 Å². The Kier molecular flexibility index (Phi) is 6.81. The molecule has 1 aromatic rings. The summed E-state index contributed by atoms with van der Waals surface area (Å²) in [6, 6.07) is 3.22. The lowest BCUT2D eigenvalue weighted by Crippen LogP contribution is -2.07. The molecular weight excluding hydrogens is 336 g/mol. The van der Waals surface area contributed by atoms with Gasteiger partial charge in [0.1, 0.15) is 0 Å². The number of ether oxygens (including phenoxy) is 3. The lowest BCUT2D eigenvalue weighted by Gasteiger charge is -2.12. The van der Waals surface area contributed by atoms with E-state index in [2.05, 4.69) is 11.8 Å². The van der Waals surface area contributed by atoms with Gasteiger partial charge in [0.05, 0.1) is 25.9 Å². The van der Waals surface area contributed by atoms with Crippen LogP contribution in [-0.2, 0) is 20.9 Å². The largest absolute Gasteiger partial charge is 0.493 e. The first-order chi connectivity index (χ1) is 12.5. The van der Waals surface area contributed by atoms with Crippen molar-refractivity contribution in [3.8, 4) is 23.3 Å². The quantitative estimate of drug-likeness (QED) is 0.495. The summed E-state index contributed by atoms with van der Waals surface area (Å²) in [7, 11) is 1.44. The van der Waals surface area contributed by atoms with E-state index in [0.29, 0.717) is 41.9 Å². The molecule has 0 fully saturated rings. The molecule has 0 unspecified atom stereocenters. The molecule has 26 heavy (non-hydrogen) atoms. The van der Waals surface area contributed by atoms with Crippen LogP contribution in [0.2, 0.25) is 0 Å². The maximum atomic E-state index is 12.0. The fourth-order valence-corrected chi connectivity index (χ4v) is 2.71. The van der Waals surface area contributed by atoms with Crippen LogP contribution < -0.4 is 9.47 Å². The normalized spacial score (nSPS) is 13.1. The highest BCUT2D eigenvalue weighted by Crippen LogP contribution is 2.33. The van der Waals surface area contributed by atoms with Crippen LogP contribution in [0.15, 0.2) is 23.3 Å². The Morgan fingerprint density at radius 1 is 1.23 bits per heavy atom. The maximum absolute atomic E-state index is 12.0. The highest BCUT2D eigenvalue weighted by Gasteiger charge is 2.21. The van der Waals surface area contributed by atoms with Crippen LogP contribution in [0.4, 0.5) is 0 Å². The van der Waals surface area contributed by atoms with E-state index in [-0.39, 0.29) is 18.3 Å². The minimum atomic E-state index is -0.504. The smallest absolute Gasteiger partial charge is 0.334 e. The van der Waals surface area contributed by atoms with Crippen LogP contribution in [0.1, 0.15) is 44.2 Å². The highest BCUT2D eigenvalue weighted by atomic mass is 16.6. The van der Waals surface area contributed by atoms with Crippen LogP contribution in [-0.4, -0.2) is 30.8 Å². The summed E-state index contributed by atoms with van der Waals surface area (Å²) in [5.74, 6) is 5.62. The zero-order chi connectivity index (χ0) is 19.1. The Morgan fingerprint density at radius 2 is 2.00 bits per heavy atom. The van der Waals surface area contributed by atoms with Gasteiger partial charge in [0.25, 0.3) is 0 Å². The molecule has 0 aliphatic heterocycles. The van der Waals surface area contributed by atoms with Gasteiger partial charge in [-0.05, 0) is 43.9 Å². The van der Waals surface area contributed by atoms with E-state index in [1.807, 2.05) is 0 Å². The Hall–Kier alpha value is -2.78. The number of hydrogen-bond acceptors (Lipinski definition) is 6. The number of benzene rings is 1. The molecule has 2 rings (SSSR count). The Balaban J connectivity index is 2.48. The predicted octanol–water partition coefficient (Wildman–Crippen LogP) is 2.51. The first-order valence-electron chi connectivity index (χ1n) is 8.41. The molecule has 1 aromatic carbocycles. The first kappa shape index (κ1) is 19.5. The van der Waals surface area contributed by atoms with Crippen molar-refractivity contribution >= 4 is 11.9 Å². The van der Waals surface area contributed by atoms with Crippen LogP contribution in [0, 0.1) is 11.8 Å². The predicted molar refractivity (Wildman–Crippen MR) is 94.6 cm³/mol. The number of aliphatic hydroxyl groups excluding tert-OH is 1. The zero-order valence-corrected chi connectivity index (χ0v) is 15.2. The van der Waals surface area contributed by atoms with Crippen molar-refractivity contribution in [2.45, 2.75) is 39.7 Å². The van der Waals surface area contributed by atoms with Crippen molar-refractivity contribution in [1.29, 1.82) is 0 Å². The summed E-state index contributed by atoms with van der Waals surface area (Å²) in [4.78, 5) is 23.4. The standard InChI is InChI=1S/C20H22O6/c1-4-25-20(23)17-7-5-6-15(17)8-9-16-10-14(12-21)11-18(24-3)19(16)26-13(2)22/h10-11,21H,4-7,12H2,1-3H3. The third-order valence-electron chi connectivity index (χ3n) is 3.85. The average molecular weight is 358 g/mol. The highest BCUT2D eigenvalue weighted by molar-refractivity contribution is 5.91. The van der Waals surface area contributed by atoms with Crippen molar-refractivity contribution in [3.63, 3.8) is 0 Å². The number of methoxy groups -OCH3 is 1. The minimum Gasteiger partial charge on any atom is -0.493 e. The Morgan fingerprint density at radius 3 is 2.62 bits per heavy atom. The van der Waals surface area contributed by atoms with E-state index < -0.39 is 5.97 Å². The molecule has 0 spiro atoms. The van der Waals surface area contributed by atoms with Crippen LogP contribution in [0.5, 0.6) is 11.5 Å². The van der Waals surface area contributed by atoms with E-state index in [1.165, 1.54) is 14.0 Å². The summed E-state index contributed by atoms with van der Waals surface area (Å²) < 4.78 is 15.6. The van der Waals surface area contributed by atoms with Crippen molar-refractivity contribution in [2.24, 2.45) is 0 Å². The van der Waals surface area contributed by atoms with Crippen LogP contribution in [0.25, 0.3) is 0 Å². The minimum absolute atomic E-state index is 0.195. The third-order valence-corrected chi connectivity index (χ3v) is 3.85. The fraction of sp³-hybridized carbons (Fsp3) is 0.400. The molecule has 0 heterocycles. The lowest BCUT2D eigenvalue weighted by molar-refractivity contribution is -0.138.